The van der Waals surface area contributed by atoms with Gasteiger partial charge in [-0.25, -0.2) is 0 Å². The first kappa shape index (κ1) is 19.6. The number of benzene rings is 2. The molecule has 0 aromatic heterocycles. The van der Waals surface area contributed by atoms with Crippen LogP contribution in [-0.4, -0.2) is 47.5 Å². The molecule has 1 amide bonds. The van der Waals surface area contributed by atoms with Gasteiger partial charge in [0, 0.05) is 7.05 Å². The second-order valence-corrected chi connectivity index (χ2v) is 6.55. The van der Waals surface area contributed by atoms with Crippen LogP contribution < -0.4 is 4.74 Å². The first-order valence-corrected chi connectivity index (χ1v) is 9.05. The second kappa shape index (κ2) is 8.67. The van der Waals surface area contributed by atoms with Crippen molar-refractivity contribution in [2.75, 3.05) is 20.7 Å². The highest BCUT2D eigenvalue weighted by Crippen LogP contribution is 2.23. The smallest absolute Gasteiger partial charge is 0.325 e. The monoisotopic (exact) mass is 396 g/mol. The van der Waals surface area contributed by atoms with Crippen LogP contribution in [0.1, 0.15) is 11.1 Å². The number of thiocarbonyl (C=S) groups is 1. The van der Waals surface area contributed by atoms with E-state index >= 15 is 0 Å². The van der Waals surface area contributed by atoms with Gasteiger partial charge < -0.3 is 14.4 Å². The number of rotatable bonds is 6. The van der Waals surface area contributed by atoms with E-state index in [1.54, 1.807) is 13.1 Å². The number of carbonyl (C=O) groups is 2. The number of amides is 1. The third-order valence-electron chi connectivity index (χ3n) is 4.28. The zero-order valence-corrected chi connectivity index (χ0v) is 16.4. The molecule has 0 spiro atoms. The van der Waals surface area contributed by atoms with Gasteiger partial charge in [-0.15, -0.1) is 0 Å². The first-order valence-electron chi connectivity index (χ1n) is 8.64. The van der Waals surface area contributed by atoms with Gasteiger partial charge in [0.05, 0.1) is 7.11 Å². The summed E-state index contributed by atoms with van der Waals surface area (Å²) in [5.41, 5.74) is 2.21. The van der Waals surface area contributed by atoms with Gasteiger partial charge in [0.25, 0.3) is 5.91 Å². The molecule has 0 unspecified atom stereocenters. The molecule has 28 heavy (non-hydrogen) atoms. The van der Waals surface area contributed by atoms with Gasteiger partial charge in [0.1, 0.15) is 24.6 Å². The molecule has 0 atom stereocenters. The van der Waals surface area contributed by atoms with Crippen LogP contribution in [-0.2, 0) is 20.9 Å². The SMILES string of the molecule is COC(=O)CN1C(=S)N(C)C(=O)/C1=C/c1ccc(OCc2ccccc2)cc1. The van der Waals surface area contributed by atoms with Crippen molar-refractivity contribution >= 4 is 35.3 Å². The van der Waals surface area contributed by atoms with Crippen molar-refractivity contribution in [3.05, 3.63) is 71.4 Å². The van der Waals surface area contributed by atoms with Crippen molar-refractivity contribution in [1.29, 1.82) is 0 Å². The largest absolute Gasteiger partial charge is 0.489 e. The molecule has 0 N–H and O–H groups in total. The Morgan fingerprint density at radius 3 is 2.43 bits per heavy atom. The maximum atomic E-state index is 12.5. The van der Waals surface area contributed by atoms with Crippen molar-refractivity contribution < 1.29 is 19.1 Å². The fourth-order valence-electron chi connectivity index (χ4n) is 2.70. The van der Waals surface area contributed by atoms with Crippen molar-refractivity contribution in [3.63, 3.8) is 0 Å². The molecule has 0 radical (unpaired) electrons. The topological polar surface area (TPSA) is 59.1 Å². The maximum absolute atomic E-state index is 12.5. The lowest BCUT2D eigenvalue weighted by molar-refractivity contribution is -0.140. The summed E-state index contributed by atoms with van der Waals surface area (Å²) in [6, 6.07) is 17.3. The molecule has 0 bridgehead atoms. The van der Waals surface area contributed by atoms with E-state index in [-0.39, 0.29) is 17.6 Å². The van der Waals surface area contributed by atoms with E-state index in [1.165, 1.54) is 16.9 Å². The average Bonchev–Trinajstić information content (AvgIpc) is 2.92. The predicted molar refractivity (Wildman–Crippen MR) is 109 cm³/mol. The van der Waals surface area contributed by atoms with Gasteiger partial charge in [-0.2, -0.15) is 0 Å². The van der Waals surface area contributed by atoms with E-state index in [0.717, 1.165) is 16.9 Å². The summed E-state index contributed by atoms with van der Waals surface area (Å²) in [6.07, 6.45) is 1.70. The minimum Gasteiger partial charge on any atom is -0.489 e. The van der Waals surface area contributed by atoms with Crippen LogP contribution in [0.15, 0.2) is 60.3 Å². The summed E-state index contributed by atoms with van der Waals surface area (Å²) < 4.78 is 10.5. The maximum Gasteiger partial charge on any atom is 0.325 e. The molecule has 0 saturated carbocycles. The van der Waals surface area contributed by atoms with E-state index in [4.69, 9.17) is 21.7 Å². The summed E-state index contributed by atoms with van der Waals surface area (Å²) in [6.45, 7) is 0.362. The molecular formula is C21H20N2O4S. The van der Waals surface area contributed by atoms with E-state index in [2.05, 4.69) is 0 Å². The predicted octanol–water partition coefficient (Wildman–Crippen LogP) is 2.84. The number of nitrogens with zero attached hydrogens (tertiary/aromatic N) is 2. The van der Waals surface area contributed by atoms with Gasteiger partial charge in [0.15, 0.2) is 5.11 Å². The van der Waals surface area contributed by atoms with Crippen molar-refractivity contribution in [2.45, 2.75) is 6.61 Å². The number of hydrogen-bond donors (Lipinski definition) is 0. The Kier molecular flexibility index (Phi) is 6.06. The molecule has 7 heteroatoms. The lowest BCUT2D eigenvalue weighted by Crippen LogP contribution is -2.33. The average molecular weight is 396 g/mol. The third-order valence-corrected chi connectivity index (χ3v) is 4.77. The fourth-order valence-corrected chi connectivity index (χ4v) is 2.95. The number of likely N-dealkylation sites (N-methyl/N-ethyl adjacent to an activating group) is 1. The Hall–Kier alpha value is -3.19. The van der Waals surface area contributed by atoms with Gasteiger partial charge >= 0.3 is 5.97 Å². The van der Waals surface area contributed by atoms with Crippen LogP contribution in [0.4, 0.5) is 0 Å². The van der Waals surface area contributed by atoms with Gasteiger partial charge in [-0.05, 0) is 41.6 Å². The molecule has 0 aliphatic carbocycles. The standard InChI is InChI=1S/C21H20N2O4S/c1-22-20(25)18(23(21(22)28)13-19(24)26-2)12-15-8-10-17(11-9-15)27-14-16-6-4-3-5-7-16/h3-12H,13-14H2,1-2H3/b18-12-. The zero-order chi connectivity index (χ0) is 20.1. The minimum atomic E-state index is -0.471. The molecule has 1 heterocycles. The molecule has 2 aromatic carbocycles. The Labute approximate surface area is 169 Å². The quantitative estimate of drug-likeness (QED) is 0.425. The van der Waals surface area contributed by atoms with E-state index in [1.807, 2.05) is 54.6 Å². The first-order chi connectivity index (χ1) is 13.5. The van der Waals surface area contributed by atoms with E-state index in [0.29, 0.717) is 12.3 Å². The van der Waals surface area contributed by atoms with E-state index < -0.39 is 5.97 Å². The molecular weight excluding hydrogens is 376 g/mol. The van der Waals surface area contributed by atoms with Gasteiger partial charge in [0.2, 0.25) is 0 Å². The van der Waals surface area contributed by atoms with Crippen molar-refractivity contribution in [1.82, 2.24) is 9.80 Å². The van der Waals surface area contributed by atoms with Gasteiger partial charge in [-0.1, -0.05) is 42.5 Å². The van der Waals surface area contributed by atoms with Crippen LogP contribution >= 0.6 is 12.2 Å². The van der Waals surface area contributed by atoms with Crippen molar-refractivity contribution in [2.24, 2.45) is 0 Å². The molecule has 144 valence electrons. The molecule has 1 saturated heterocycles. The molecule has 6 nitrogen and oxygen atoms in total. The summed E-state index contributed by atoms with van der Waals surface area (Å²) in [4.78, 5) is 26.9. The zero-order valence-electron chi connectivity index (χ0n) is 15.6. The Morgan fingerprint density at radius 1 is 1.11 bits per heavy atom. The number of methoxy groups -OCH3 is 1. The normalized spacial score (nSPS) is 15.3. The van der Waals surface area contributed by atoms with Crippen LogP contribution in [0.2, 0.25) is 0 Å². The summed E-state index contributed by atoms with van der Waals surface area (Å²) in [7, 11) is 2.88. The third kappa shape index (κ3) is 4.37. The van der Waals surface area contributed by atoms with Gasteiger partial charge in [-0.3, -0.25) is 14.5 Å². The highest BCUT2D eigenvalue weighted by atomic mass is 32.1. The van der Waals surface area contributed by atoms with Crippen molar-refractivity contribution in [3.8, 4) is 5.75 Å². The number of esters is 1. The Bertz CT molecular complexity index is 910. The lowest BCUT2D eigenvalue weighted by Gasteiger charge is -2.16. The highest BCUT2D eigenvalue weighted by molar-refractivity contribution is 7.80. The lowest BCUT2D eigenvalue weighted by atomic mass is 10.1. The molecule has 1 aliphatic heterocycles. The Balaban J connectivity index is 1.74. The summed E-state index contributed by atoms with van der Waals surface area (Å²) >= 11 is 5.26. The fraction of sp³-hybridized carbons (Fsp3) is 0.190. The summed E-state index contributed by atoms with van der Waals surface area (Å²) in [5, 5.41) is 0.268. The highest BCUT2D eigenvalue weighted by Gasteiger charge is 2.36. The molecule has 1 fully saturated rings. The van der Waals surface area contributed by atoms with E-state index in [9.17, 15) is 9.59 Å². The number of ether oxygens (including phenoxy) is 2. The van der Waals surface area contributed by atoms with Crippen LogP contribution in [0.25, 0.3) is 6.08 Å². The van der Waals surface area contributed by atoms with Crippen LogP contribution in [0, 0.1) is 0 Å². The minimum absolute atomic E-state index is 0.116. The number of carbonyl (C=O) groups excluding carboxylic acids is 2. The van der Waals surface area contributed by atoms with Crippen LogP contribution in [0.3, 0.4) is 0 Å². The molecule has 1 aliphatic rings. The summed E-state index contributed by atoms with van der Waals surface area (Å²) in [5.74, 6) is -0.0119. The molecule has 2 aromatic rings. The van der Waals surface area contributed by atoms with Crippen LogP contribution in [0.5, 0.6) is 5.75 Å². The Morgan fingerprint density at radius 2 is 1.79 bits per heavy atom. The number of hydrogen-bond acceptors (Lipinski definition) is 5. The molecule has 3 rings (SSSR count). The second-order valence-electron chi connectivity index (χ2n) is 6.18.